The van der Waals surface area contributed by atoms with E-state index < -0.39 is 54.4 Å². The summed E-state index contributed by atoms with van der Waals surface area (Å²) in [6.45, 7) is 2.17. The van der Waals surface area contributed by atoms with E-state index in [0.29, 0.717) is 11.1 Å². The first-order valence-corrected chi connectivity index (χ1v) is 8.53. The summed E-state index contributed by atoms with van der Waals surface area (Å²) in [5.74, 6) is -5.35. The molecule has 6 heteroatoms. The molecule has 1 aromatic carbocycles. The highest BCUT2D eigenvalue weighted by Crippen LogP contribution is 2.25. The van der Waals surface area contributed by atoms with Crippen LogP contribution in [0.1, 0.15) is 49.8 Å². The zero-order valence-electron chi connectivity index (χ0n) is 19.5. The first-order chi connectivity index (χ1) is 13.6. The summed E-state index contributed by atoms with van der Waals surface area (Å²) < 4.78 is 32.4. The van der Waals surface area contributed by atoms with Gasteiger partial charge in [0.05, 0.1) is 1.37 Å². The van der Waals surface area contributed by atoms with Gasteiger partial charge in [0.1, 0.15) is 12.1 Å². The lowest BCUT2D eigenvalue weighted by atomic mass is 9.94. The predicted octanol–water partition coefficient (Wildman–Crippen LogP) is 1.47. The van der Waals surface area contributed by atoms with Crippen molar-refractivity contribution >= 4 is 17.6 Å². The van der Waals surface area contributed by atoms with E-state index in [2.05, 4.69) is 5.32 Å². The first-order valence-electron chi connectivity index (χ1n) is 10.5. The Hall–Kier alpha value is -2.21. The van der Waals surface area contributed by atoms with E-state index in [0.717, 1.165) is 4.90 Å². The van der Waals surface area contributed by atoms with Crippen LogP contribution in [0.4, 0.5) is 0 Å². The van der Waals surface area contributed by atoms with Gasteiger partial charge in [0.2, 0.25) is 11.8 Å². The number of carbonyl (C=O) groups excluding carboxylic acids is 3. The van der Waals surface area contributed by atoms with Crippen LogP contribution in [0.2, 0.25) is 0 Å². The number of nitrogens with one attached hydrogen (secondary N) is 1. The predicted molar refractivity (Wildman–Crippen MR) is 98.3 cm³/mol. The fraction of sp³-hybridized carbons (Fsp3) is 0.550. The molecule has 2 amide bonds. The minimum atomic E-state index is -2.43. The normalized spacial score (nSPS) is 26.2. The molecule has 3 atom stereocenters. The molecule has 142 valence electrons. The van der Waals surface area contributed by atoms with Gasteiger partial charge in [-0.2, -0.15) is 0 Å². The van der Waals surface area contributed by atoms with Crippen LogP contribution in [0.3, 0.4) is 0 Å². The number of hydrogen-bond donors (Lipinski definition) is 2. The second-order valence-electron chi connectivity index (χ2n) is 6.76. The third-order valence-corrected chi connectivity index (χ3v) is 4.37. The molecule has 1 aliphatic rings. The Labute approximate surface area is 160 Å². The van der Waals surface area contributed by atoms with Gasteiger partial charge >= 0.3 is 0 Å². The standard InChI is InChI=1S/C20H28N2O4/c1-12(2)18(24)16(23)11-13(3)19(25)21-17-15-8-6-5-7-14(15)9-10-22(4)20(17)26/h5-8,12-13,17-18,24H,9-11H2,1-4H3,(H,21,25)/t13-,17+,18+/m1/s1/i10D2,13D,18D. The number of amides is 2. The molecule has 0 spiro atoms. The van der Waals surface area contributed by atoms with E-state index in [1.165, 1.54) is 27.8 Å². The molecule has 0 radical (unpaired) electrons. The van der Waals surface area contributed by atoms with Crippen molar-refractivity contribution in [3.05, 3.63) is 35.4 Å². The number of ketones is 1. The van der Waals surface area contributed by atoms with E-state index in [9.17, 15) is 19.5 Å². The number of Topliss-reactive ketones (excluding diaryl/α,β-unsaturated/α-hetero) is 1. The molecule has 1 heterocycles. The minimum absolute atomic E-state index is 0.0608. The third-order valence-electron chi connectivity index (χ3n) is 4.37. The van der Waals surface area contributed by atoms with Gasteiger partial charge < -0.3 is 15.3 Å². The summed E-state index contributed by atoms with van der Waals surface area (Å²) in [7, 11) is 1.31. The van der Waals surface area contributed by atoms with E-state index in [1.54, 1.807) is 24.3 Å². The number of likely N-dealkylation sites (N-methyl/N-ethyl adjacent to an activating group) is 1. The summed E-state index contributed by atoms with van der Waals surface area (Å²) >= 11 is 0. The number of aryl methyl sites for hydroxylation is 1. The van der Waals surface area contributed by atoms with Crippen molar-refractivity contribution in [2.45, 2.75) is 45.7 Å². The molecule has 1 aliphatic heterocycles. The summed E-state index contributed by atoms with van der Waals surface area (Å²) in [6, 6.07) is 5.43. The number of hydrogen-bond acceptors (Lipinski definition) is 4. The lowest BCUT2D eigenvalue weighted by molar-refractivity contribution is -0.137. The Bertz CT molecular complexity index is 855. The smallest absolute Gasteiger partial charge is 0.249 e. The molecule has 0 fully saturated rings. The quantitative estimate of drug-likeness (QED) is 0.800. The minimum Gasteiger partial charge on any atom is -0.385 e. The zero-order valence-corrected chi connectivity index (χ0v) is 15.5. The van der Waals surface area contributed by atoms with Gasteiger partial charge in [-0.05, 0) is 23.5 Å². The van der Waals surface area contributed by atoms with Crippen molar-refractivity contribution < 1.29 is 25.0 Å². The van der Waals surface area contributed by atoms with Gasteiger partial charge in [-0.25, -0.2) is 0 Å². The van der Waals surface area contributed by atoms with E-state index in [-0.39, 0.29) is 6.42 Å². The summed E-state index contributed by atoms with van der Waals surface area (Å²) in [4.78, 5) is 39.0. The number of fused-ring (bicyclic) bond motifs is 1. The zero-order chi connectivity index (χ0) is 23.1. The van der Waals surface area contributed by atoms with Crippen LogP contribution in [0.15, 0.2) is 24.3 Å². The fourth-order valence-corrected chi connectivity index (χ4v) is 2.71. The molecule has 0 aliphatic carbocycles. The average molecular weight is 364 g/mol. The molecule has 2 N–H and O–H groups in total. The Morgan fingerprint density at radius 1 is 1.38 bits per heavy atom. The highest BCUT2D eigenvalue weighted by Gasteiger charge is 2.32. The average Bonchev–Trinajstić information content (AvgIpc) is 2.70. The van der Waals surface area contributed by atoms with E-state index in [4.69, 9.17) is 5.48 Å². The van der Waals surface area contributed by atoms with Gasteiger partial charge in [-0.1, -0.05) is 45.0 Å². The Morgan fingerprint density at radius 2 is 2.04 bits per heavy atom. The van der Waals surface area contributed by atoms with Crippen LogP contribution >= 0.6 is 0 Å². The van der Waals surface area contributed by atoms with Crippen LogP contribution in [0.25, 0.3) is 0 Å². The Kier molecular flexibility index (Phi) is 4.84. The van der Waals surface area contributed by atoms with Gasteiger partial charge in [0.25, 0.3) is 0 Å². The monoisotopic (exact) mass is 364 g/mol. The van der Waals surface area contributed by atoms with Crippen molar-refractivity contribution in [2.75, 3.05) is 13.5 Å². The van der Waals surface area contributed by atoms with Crippen LogP contribution in [0, 0.1) is 11.8 Å². The number of nitrogens with zero attached hydrogens (tertiary/aromatic N) is 1. The van der Waals surface area contributed by atoms with Crippen LogP contribution in [-0.2, 0) is 20.8 Å². The summed E-state index contributed by atoms with van der Waals surface area (Å²) in [5, 5.41) is 12.5. The Balaban J connectivity index is 2.32. The first kappa shape index (κ1) is 14.9. The van der Waals surface area contributed by atoms with Crippen molar-refractivity contribution in [3.8, 4) is 0 Å². The molecular formula is C20H28N2O4. The van der Waals surface area contributed by atoms with Crippen LogP contribution in [0.5, 0.6) is 0 Å². The van der Waals surface area contributed by atoms with Crippen molar-refractivity contribution in [1.29, 1.82) is 0 Å². The number of aliphatic hydroxyl groups is 1. The maximum absolute atomic E-state index is 12.9. The number of rotatable bonds is 6. The fourth-order valence-electron chi connectivity index (χ4n) is 2.71. The molecule has 2 rings (SSSR count). The lowest BCUT2D eigenvalue weighted by Gasteiger charge is -2.24. The van der Waals surface area contributed by atoms with E-state index >= 15 is 0 Å². The molecule has 26 heavy (non-hydrogen) atoms. The van der Waals surface area contributed by atoms with Crippen molar-refractivity contribution in [2.24, 2.45) is 11.8 Å². The Morgan fingerprint density at radius 3 is 2.69 bits per heavy atom. The molecule has 0 saturated carbocycles. The second-order valence-corrected chi connectivity index (χ2v) is 6.76. The molecule has 1 aromatic rings. The van der Waals surface area contributed by atoms with Gasteiger partial charge in [0.15, 0.2) is 5.78 Å². The molecular weight excluding hydrogens is 332 g/mol. The SMILES string of the molecule is [2H]C1([2H])Cc2ccccc2[C@H](NC(=O)[C@]([2H])(C)CC(=O)[C@@]([2H])(O)C(C)C)C(=O)N1C. The molecule has 6 nitrogen and oxygen atoms in total. The van der Waals surface area contributed by atoms with Crippen molar-refractivity contribution in [1.82, 2.24) is 10.2 Å². The molecule has 0 saturated heterocycles. The molecule has 0 aromatic heterocycles. The number of carbonyl (C=O) groups is 3. The largest absolute Gasteiger partial charge is 0.385 e. The maximum Gasteiger partial charge on any atom is 0.249 e. The molecule has 0 bridgehead atoms. The summed E-state index contributed by atoms with van der Waals surface area (Å²) in [6.07, 6.45) is -3.20. The van der Waals surface area contributed by atoms with Crippen LogP contribution < -0.4 is 5.32 Å². The van der Waals surface area contributed by atoms with Crippen LogP contribution in [-0.4, -0.2) is 47.2 Å². The topological polar surface area (TPSA) is 86.7 Å². The highest BCUT2D eigenvalue weighted by atomic mass is 16.3. The van der Waals surface area contributed by atoms with Gasteiger partial charge in [0, 0.05) is 30.0 Å². The highest BCUT2D eigenvalue weighted by molar-refractivity contribution is 5.92. The lowest BCUT2D eigenvalue weighted by Crippen LogP contribution is -2.43. The van der Waals surface area contributed by atoms with Gasteiger partial charge in [-0.3, -0.25) is 14.4 Å². The number of benzene rings is 1. The third kappa shape index (κ3) is 4.49. The second kappa shape index (κ2) is 8.45. The summed E-state index contributed by atoms with van der Waals surface area (Å²) in [5.41, 5.74) is 0.971. The molecule has 0 unspecified atom stereocenters. The van der Waals surface area contributed by atoms with Gasteiger partial charge in [-0.15, -0.1) is 0 Å². The van der Waals surface area contributed by atoms with Crippen molar-refractivity contribution in [3.63, 3.8) is 0 Å². The van der Waals surface area contributed by atoms with E-state index in [1.807, 2.05) is 0 Å². The maximum atomic E-state index is 12.9.